The zero-order valence-electron chi connectivity index (χ0n) is 7.71. The van der Waals surface area contributed by atoms with Crippen LogP contribution in [0.15, 0.2) is 24.3 Å². The second-order valence-electron chi connectivity index (χ2n) is 3.31. The van der Waals surface area contributed by atoms with Gasteiger partial charge in [-0.3, -0.25) is 0 Å². The molecule has 14 heavy (non-hydrogen) atoms. The largest absolute Gasteiger partial charge is 0.353 e. The maximum Gasteiger partial charge on any atom is 0.116 e. The standard InChI is InChI=1S/C10H12Cl2N2/c11-8-2-1-3-9(6-8)14-5-4-13-7-10(14)12/h1-3,6,10,13H,4-5,7H2. The molecular formula is C10H12Cl2N2. The van der Waals surface area contributed by atoms with Crippen molar-refractivity contribution in [1.82, 2.24) is 5.32 Å². The summed E-state index contributed by atoms with van der Waals surface area (Å²) in [4.78, 5) is 2.16. The predicted octanol–water partition coefficient (Wildman–Crippen LogP) is 2.31. The van der Waals surface area contributed by atoms with Gasteiger partial charge in [0, 0.05) is 30.3 Å². The molecule has 4 heteroatoms. The maximum absolute atomic E-state index is 6.19. The molecule has 0 amide bonds. The molecule has 1 unspecified atom stereocenters. The van der Waals surface area contributed by atoms with E-state index in [9.17, 15) is 0 Å². The second-order valence-corrected chi connectivity index (χ2v) is 4.25. The van der Waals surface area contributed by atoms with E-state index in [1.54, 1.807) is 0 Å². The number of benzene rings is 1. The second kappa shape index (κ2) is 4.39. The van der Waals surface area contributed by atoms with Crippen LogP contribution in [0.4, 0.5) is 5.69 Å². The average molecular weight is 231 g/mol. The van der Waals surface area contributed by atoms with E-state index < -0.39 is 0 Å². The van der Waals surface area contributed by atoms with Gasteiger partial charge in [0.1, 0.15) is 5.50 Å². The van der Waals surface area contributed by atoms with Crippen molar-refractivity contribution in [2.45, 2.75) is 5.50 Å². The highest BCUT2D eigenvalue weighted by molar-refractivity contribution is 6.30. The molecule has 1 aliphatic heterocycles. The summed E-state index contributed by atoms with van der Waals surface area (Å²) in [5.41, 5.74) is 1.11. The first kappa shape index (κ1) is 10.1. The van der Waals surface area contributed by atoms with Gasteiger partial charge < -0.3 is 10.2 Å². The van der Waals surface area contributed by atoms with E-state index >= 15 is 0 Å². The Morgan fingerprint density at radius 2 is 2.29 bits per heavy atom. The van der Waals surface area contributed by atoms with Crippen LogP contribution in [0.25, 0.3) is 0 Å². The average Bonchev–Trinajstić information content (AvgIpc) is 2.18. The van der Waals surface area contributed by atoms with Gasteiger partial charge in [0.05, 0.1) is 0 Å². The molecule has 0 saturated carbocycles. The highest BCUT2D eigenvalue weighted by Gasteiger charge is 2.19. The lowest BCUT2D eigenvalue weighted by Gasteiger charge is -2.34. The summed E-state index contributed by atoms with van der Waals surface area (Å²) in [6.45, 7) is 2.71. The van der Waals surface area contributed by atoms with Crippen molar-refractivity contribution in [3.63, 3.8) is 0 Å². The lowest BCUT2D eigenvalue weighted by Crippen LogP contribution is -2.48. The minimum absolute atomic E-state index is 0.0159. The summed E-state index contributed by atoms with van der Waals surface area (Å²) in [6.07, 6.45) is 0. The number of hydrogen-bond acceptors (Lipinski definition) is 2. The monoisotopic (exact) mass is 230 g/mol. The van der Waals surface area contributed by atoms with Crippen LogP contribution in [0.3, 0.4) is 0 Å². The molecule has 1 aliphatic rings. The Morgan fingerprint density at radius 3 is 3.00 bits per heavy atom. The molecular weight excluding hydrogens is 219 g/mol. The van der Waals surface area contributed by atoms with Crippen LogP contribution in [0.2, 0.25) is 5.02 Å². The molecule has 1 heterocycles. The molecule has 2 rings (SSSR count). The van der Waals surface area contributed by atoms with Crippen molar-refractivity contribution in [1.29, 1.82) is 0 Å². The number of nitrogens with one attached hydrogen (secondary N) is 1. The topological polar surface area (TPSA) is 15.3 Å². The third-order valence-electron chi connectivity index (χ3n) is 2.32. The summed E-state index contributed by atoms with van der Waals surface area (Å²) >= 11 is 12.1. The van der Waals surface area contributed by atoms with Crippen LogP contribution in [0.5, 0.6) is 0 Å². The van der Waals surface area contributed by atoms with E-state index in [1.165, 1.54) is 0 Å². The third-order valence-corrected chi connectivity index (χ3v) is 2.95. The van der Waals surface area contributed by atoms with Gasteiger partial charge in [0.2, 0.25) is 0 Å². The number of halogens is 2. The van der Waals surface area contributed by atoms with Crippen LogP contribution in [-0.4, -0.2) is 25.1 Å². The summed E-state index contributed by atoms with van der Waals surface area (Å²) in [6, 6.07) is 7.80. The summed E-state index contributed by atoms with van der Waals surface area (Å²) in [5.74, 6) is 0. The van der Waals surface area contributed by atoms with E-state index in [0.717, 1.165) is 30.3 Å². The molecule has 76 valence electrons. The third kappa shape index (κ3) is 2.14. The number of hydrogen-bond donors (Lipinski definition) is 1. The molecule has 0 aromatic heterocycles. The SMILES string of the molecule is Clc1cccc(N2CCNCC2Cl)c1. The van der Waals surface area contributed by atoms with Crippen molar-refractivity contribution in [2.75, 3.05) is 24.5 Å². The fourth-order valence-corrected chi connectivity index (χ4v) is 2.12. The van der Waals surface area contributed by atoms with Crippen LogP contribution in [0, 0.1) is 0 Å². The molecule has 0 bridgehead atoms. The van der Waals surface area contributed by atoms with E-state index in [0.29, 0.717) is 0 Å². The van der Waals surface area contributed by atoms with Crippen molar-refractivity contribution in [3.05, 3.63) is 29.3 Å². The first-order valence-corrected chi connectivity index (χ1v) is 5.46. The number of nitrogens with zero attached hydrogens (tertiary/aromatic N) is 1. The number of piperazine rings is 1. The molecule has 0 radical (unpaired) electrons. The van der Waals surface area contributed by atoms with E-state index in [1.807, 2.05) is 24.3 Å². The van der Waals surface area contributed by atoms with Gasteiger partial charge in [-0.15, -0.1) is 0 Å². The van der Waals surface area contributed by atoms with Crippen molar-refractivity contribution >= 4 is 28.9 Å². The quantitative estimate of drug-likeness (QED) is 0.589. The zero-order chi connectivity index (χ0) is 9.97. The van der Waals surface area contributed by atoms with Gasteiger partial charge in [-0.2, -0.15) is 0 Å². The fraction of sp³-hybridized carbons (Fsp3) is 0.400. The van der Waals surface area contributed by atoms with Gasteiger partial charge in [0.25, 0.3) is 0 Å². The van der Waals surface area contributed by atoms with Crippen LogP contribution < -0.4 is 10.2 Å². The van der Waals surface area contributed by atoms with Gasteiger partial charge in [0.15, 0.2) is 0 Å². The number of alkyl halides is 1. The van der Waals surface area contributed by atoms with Gasteiger partial charge in [-0.1, -0.05) is 29.3 Å². The van der Waals surface area contributed by atoms with E-state index in [2.05, 4.69) is 10.2 Å². The van der Waals surface area contributed by atoms with Crippen LogP contribution >= 0.6 is 23.2 Å². The first-order chi connectivity index (χ1) is 6.77. The molecule has 2 nitrogen and oxygen atoms in total. The Bertz CT molecular complexity index is 317. The minimum Gasteiger partial charge on any atom is -0.353 e. The zero-order valence-corrected chi connectivity index (χ0v) is 9.22. The highest BCUT2D eigenvalue weighted by Crippen LogP contribution is 2.23. The molecule has 1 fully saturated rings. The van der Waals surface area contributed by atoms with Gasteiger partial charge in [-0.25, -0.2) is 0 Å². The lowest BCUT2D eigenvalue weighted by atomic mass is 10.2. The lowest BCUT2D eigenvalue weighted by molar-refractivity contribution is 0.559. The summed E-state index contributed by atoms with van der Waals surface area (Å²) in [5, 5.41) is 4.00. The predicted molar refractivity (Wildman–Crippen MR) is 61.3 cm³/mol. The van der Waals surface area contributed by atoms with E-state index in [4.69, 9.17) is 23.2 Å². The highest BCUT2D eigenvalue weighted by atomic mass is 35.5. The fourth-order valence-electron chi connectivity index (χ4n) is 1.62. The van der Waals surface area contributed by atoms with Gasteiger partial charge in [-0.05, 0) is 18.2 Å². The number of anilines is 1. The van der Waals surface area contributed by atoms with Crippen LogP contribution in [0.1, 0.15) is 0 Å². The van der Waals surface area contributed by atoms with Crippen LogP contribution in [-0.2, 0) is 0 Å². The smallest absolute Gasteiger partial charge is 0.116 e. The van der Waals surface area contributed by atoms with Crippen molar-refractivity contribution in [2.24, 2.45) is 0 Å². The summed E-state index contributed by atoms with van der Waals surface area (Å²) < 4.78 is 0. The normalized spacial score (nSPS) is 22.4. The Morgan fingerprint density at radius 1 is 1.43 bits per heavy atom. The van der Waals surface area contributed by atoms with Crippen molar-refractivity contribution < 1.29 is 0 Å². The molecule has 0 aliphatic carbocycles. The molecule has 0 spiro atoms. The Hall–Kier alpha value is -0.440. The molecule has 1 saturated heterocycles. The Kier molecular flexibility index (Phi) is 3.16. The Labute approximate surface area is 93.8 Å². The van der Waals surface area contributed by atoms with Crippen molar-refractivity contribution in [3.8, 4) is 0 Å². The van der Waals surface area contributed by atoms with Gasteiger partial charge >= 0.3 is 0 Å². The Balaban J connectivity index is 2.20. The molecule has 1 atom stereocenters. The maximum atomic E-state index is 6.19. The molecule has 1 aromatic rings. The first-order valence-electron chi connectivity index (χ1n) is 4.64. The number of rotatable bonds is 1. The molecule has 1 N–H and O–H groups in total. The molecule has 1 aromatic carbocycles. The van der Waals surface area contributed by atoms with E-state index in [-0.39, 0.29) is 5.50 Å². The summed E-state index contributed by atoms with van der Waals surface area (Å²) in [7, 11) is 0. The minimum atomic E-state index is 0.0159.